The molecule has 0 aliphatic rings. The van der Waals surface area contributed by atoms with Crippen LogP contribution in [0.5, 0.6) is 0 Å². The number of halogens is 4. The third-order valence-corrected chi connectivity index (χ3v) is 4.64. The van der Waals surface area contributed by atoms with Gasteiger partial charge in [-0.1, -0.05) is 33.8 Å². The Morgan fingerprint density at radius 2 is 1.50 bits per heavy atom. The Hall–Kier alpha value is -2.77. The van der Waals surface area contributed by atoms with Gasteiger partial charge in [0, 0.05) is 29.4 Å². The van der Waals surface area contributed by atoms with E-state index >= 15 is 0 Å². The van der Waals surface area contributed by atoms with Crippen LogP contribution in [0.4, 0.5) is 17.6 Å². The van der Waals surface area contributed by atoms with Crippen LogP contribution < -0.4 is 0 Å². The van der Waals surface area contributed by atoms with E-state index in [0.717, 1.165) is 6.08 Å². The molecule has 1 aromatic carbocycles. The lowest BCUT2D eigenvalue weighted by molar-refractivity contribution is -0.148. The van der Waals surface area contributed by atoms with Crippen molar-refractivity contribution in [2.75, 3.05) is 0 Å². The summed E-state index contributed by atoms with van der Waals surface area (Å²) in [5.41, 5.74) is -1.28. The van der Waals surface area contributed by atoms with Crippen LogP contribution in [-0.2, 0) is 22.6 Å². The maximum absolute atomic E-state index is 14.3. The zero-order chi connectivity index (χ0) is 22.6. The van der Waals surface area contributed by atoms with Crippen molar-refractivity contribution in [1.29, 1.82) is 0 Å². The fourth-order valence-electron chi connectivity index (χ4n) is 3.01. The van der Waals surface area contributed by atoms with Crippen LogP contribution in [0.15, 0.2) is 25.0 Å². The minimum atomic E-state index is -1.59. The van der Waals surface area contributed by atoms with Crippen molar-refractivity contribution >= 4 is 5.97 Å². The number of carbonyl (C=O) groups excluding carboxylic acids is 1. The highest BCUT2D eigenvalue weighted by Gasteiger charge is 2.29. The average molecular weight is 424 g/mol. The topological polar surface area (TPSA) is 52.1 Å². The molecule has 0 aliphatic carbocycles. The number of rotatable bonds is 8. The van der Waals surface area contributed by atoms with Crippen molar-refractivity contribution in [1.82, 2.24) is 9.97 Å². The minimum Gasteiger partial charge on any atom is -0.460 e. The molecule has 1 unspecified atom stereocenters. The SMILES string of the molecule is C=CCc1c(F)c(F)c(COC(=O)C(c2cnc(C(C)C)nc2)C(C)C)c(F)c1F. The van der Waals surface area contributed by atoms with E-state index in [4.69, 9.17) is 4.74 Å². The van der Waals surface area contributed by atoms with Crippen molar-refractivity contribution in [2.45, 2.75) is 52.6 Å². The Bertz CT molecular complexity index is 899. The Labute approximate surface area is 173 Å². The maximum Gasteiger partial charge on any atom is 0.314 e. The van der Waals surface area contributed by atoms with E-state index in [1.54, 1.807) is 13.8 Å². The molecule has 0 aliphatic heterocycles. The lowest BCUT2D eigenvalue weighted by atomic mass is 9.90. The van der Waals surface area contributed by atoms with E-state index in [9.17, 15) is 22.4 Å². The highest BCUT2D eigenvalue weighted by atomic mass is 19.2. The Morgan fingerprint density at radius 1 is 1.00 bits per heavy atom. The van der Waals surface area contributed by atoms with Gasteiger partial charge in [-0.05, 0) is 12.3 Å². The first-order valence-electron chi connectivity index (χ1n) is 9.53. The number of esters is 1. The molecule has 0 spiro atoms. The van der Waals surface area contributed by atoms with Gasteiger partial charge in [0.05, 0.1) is 11.5 Å². The summed E-state index contributed by atoms with van der Waals surface area (Å²) in [5.74, 6) is -7.41. The Balaban J connectivity index is 2.27. The predicted molar refractivity (Wildman–Crippen MR) is 104 cm³/mol. The Kier molecular flexibility index (Phi) is 7.70. The van der Waals surface area contributed by atoms with Crippen LogP contribution in [0.3, 0.4) is 0 Å². The van der Waals surface area contributed by atoms with E-state index in [1.165, 1.54) is 12.4 Å². The summed E-state index contributed by atoms with van der Waals surface area (Å²) < 4.78 is 61.7. The molecular weight excluding hydrogens is 400 g/mol. The number of hydrogen-bond acceptors (Lipinski definition) is 4. The molecule has 0 N–H and O–H groups in total. The van der Waals surface area contributed by atoms with Gasteiger partial charge in [-0.3, -0.25) is 4.79 Å². The lowest BCUT2D eigenvalue weighted by Crippen LogP contribution is -2.22. The zero-order valence-electron chi connectivity index (χ0n) is 17.3. The molecule has 2 rings (SSSR count). The number of benzene rings is 1. The number of ether oxygens (including phenoxy) is 1. The van der Waals surface area contributed by atoms with E-state index in [1.807, 2.05) is 13.8 Å². The second kappa shape index (κ2) is 9.82. The molecule has 1 atom stereocenters. The molecule has 0 saturated carbocycles. The second-order valence-corrected chi connectivity index (χ2v) is 7.56. The quantitative estimate of drug-likeness (QED) is 0.248. The molecule has 0 bridgehead atoms. The first-order chi connectivity index (χ1) is 14.1. The standard InChI is InChI=1S/C22H24F4N2O2/c1-6-7-14-17(23)19(25)15(20(26)18(14)24)10-30-22(29)16(11(2)3)13-8-27-21(12(4)5)28-9-13/h6,8-9,11-12,16H,1,7,10H2,2-5H3. The van der Waals surface area contributed by atoms with Gasteiger partial charge >= 0.3 is 5.97 Å². The van der Waals surface area contributed by atoms with Crippen LogP contribution in [0, 0.1) is 29.2 Å². The maximum atomic E-state index is 14.3. The third kappa shape index (κ3) is 4.86. The summed E-state index contributed by atoms with van der Waals surface area (Å²) in [6, 6.07) is 0. The molecule has 30 heavy (non-hydrogen) atoms. The molecular formula is C22H24F4N2O2. The van der Waals surface area contributed by atoms with Crippen LogP contribution in [0.25, 0.3) is 0 Å². The molecule has 0 fully saturated rings. The summed E-state index contributed by atoms with van der Waals surface area (Å²) in [6.45, 7) is 9.71. The van der Waals surface area contributed by atoms with Crippen molar-refractivity contribution < 1.29 is 27.1 Å². The smallest absolute Gasteiger partial charge is 0.314 e. The highest BCUT2D eigenvalue weighted by Crippen LogP contribution is 2.28. The Morgan fingerprint density at radius 3 is 1.93 bits per heavy atom. The van der Waals surface area contributed by atoms with Gasteiger partial charge < -0.3 is 4.74 Å². The van der Waals surface area contributed by atoms with Gasteiger partial charge in [0.2, 0.25) is 0 Å². The van der Waals surface area contributed by atoms with Crippen molar-refractivity contribution in [3.63, 3.8) is 0 Å². The zero-order valence-corrected chi connectivity index (χ0v) is 17.3. The normalized spacial score (nSPS) is 12.3. The highest BCUT2D eigenvalue weighted by molar-refractivity contribution is 5.78. The first-order valence-corrected chi connectivity index (χ1v) is 9.53. The molecule has 2 aromatic rings. The van der Waals surface area contributed by atoms with Crippen LogP contribution >= 0.6 is 0 Å². The second-order valence-electron chi connectivity index (χ2n) is 7.56. The van der Waals surface area contributed by atoms with Crippen LogP contribution in [0.2, 0.25) is 0 Å². The lowest BCUT2D eigenvalue weighted by Gasteiger charge is -2.20. The molecule has 1 aromatic heterocycles. The van der Waals surface area contributed by atoms with Crippen molar-refractivity contribution in [3.8, 4) is 0 Å². The molecule has 0 radical (unpaired) electrons. The number of allylic oxidation sites excluding steroid dienone is 1. The van der Waals surface area contributed by atoms with Crippen LogP contribution in [-0.4, -0.2) is 15.9 Å². The van der Waals surface area contributed by atoms with E-state index in [2.05, 4.69) is 16.5 Å². The van der Waals surface area contributed by atoms with Gasteiger partial charge in [0.15, 0.2) is 23.3 Å². The first kappa shape index (κ1) is 23.5. The van der Waals surface area contributed by atoms with Crippen LogP contribution in [0.1, 0.15) is 62.0 Å². The summed E-state index contributed by atoms with van der Waals surface area (Å²) in [7, 11) is 0. The summed E-state index contributed by atoms with van der Waals surface area (Å²) in [6.07, 6.45) is 3.74. The number of aromatic nitrogens is 2. The largest absolute Gasteiger partial charge is 0.460 e. The van der Waals surface area contributed by atoms with E-state index < -0.39 is 52.9 Å². The third-order valence-electron chi connectivity index (χ3n) is 4.64. The van der Waals surface area contributed by atoms with E-state index in [0.29, 0.717) is 11.4 Å². The average Bonchev–Trinajstić information content (AvgIpc) is 2.70. The molecule has 0 amide bonds. The predicted octanol–water partition coefficient (Wildman–Crippen LogP) is 5.37. The fourth-order valence-corrected chi connectivity index (χ4v) is 3.01. The van der Waals surface area contributed by atoms with E-state index in [-0.39, 0.29) is 18.3 Å². The molecule has 162 valence electrons. The van der Waals surface area contributed by atoms with Gasteiger partial charge in [0.25, 0.3) is 0 Å². The fraction of sp³-hybridized carbons (Fsp3) is 0.409. The summed E-state index contributed by atoms with van der Waals surface area (Å²) >= 11 is 0. The van der Waals surface area contributed by atoms with Gasteiger partial charge in [-0.15, -0.1) is 6.58 Å². The number of nitrogens with zero attached hydrogens (tertiary/aromatic N) is 2. The summed E-state index contributed by atoms with van der Waals surface area (Å²) in [5, 5.41) is 0. The number of hydrogen-bond donors (Lipinski definition) is 0. The minimum absolute atomic E-state index is 0.100. The monoisotopic (exact) mass is 424 g/mol. The molecule has 8 heteroatoms. The summed E-state index contributed by atoms with van der Waals surface area (Å²) in [4.78, 5) is 21.0. The van der Waals surface area contributed by atoms with Crippen molar-refractivity contribution in [2.24, 2.45) is 5.92 Å². The molecule has 4 nitrogen and oxygen atoms in total. The van der Waals surface area contributed by atoms with Gasteiger partial charge in [-0.2, -0.15) is 0 Å². The van der Waals surface area contributed by atoms with Crippen molar-refractivity contribution in [3.05, 3.63) is 70.8 Å². The molecule has 1 heterocycles. The number of carbonyl (C=O) groups is 1. The van der Waals surface area contributed by atoms with Gasteiger partial charge in [0.1, 0.15) is 12.4 Å². The van der Waals surface area contributed by atoms with Gasteiger partial charge in [-0.25, -0.2) is 27.5 Å². The molecule has 0 saturated heterocycles.